The molecule has 1 unspecified atom stereocenters. The van der Waals surface area contributed by atoms with E-state index in [9.17, 15) is 13.2 Å². The maximum absolute atomic E-state index is 13.3. The van der Waals surface area contributed by atoms with Crippen molar-refractivity contribution in [2.75, 3.05) is 20.8 Å². The van der Waals surface area contributed by atoms with Crippen LogP contribution >= 0.6 is 0 Å². The molecule has 0 saturated carbocycles. The molecule has 1 aromatic heterocycles. The fourth-order valence-corrected chi connectivity index (χ4v) is 4.58. The number of hydrogen-bond acceptors (Lipinski definition) is 6. The van der Waals surface area contributed by atoms with Gasteiger partial charge >= 0.3 is 0 Å². The van der Waals surface area contributed by atoms with Gasteiger partial charge in [-0.05, 0) is 60.2 Å². The molecule has 1 N–H and O–H groups in total. The standard InChI is InChI=1S/C22H22N2O5S/c1-28-18-7-5-16(6-8-18)22(25)24-15-21(17-4-3-13-23-14-17)30(26,27)20-11-9-19(29-2)10-12-20/h3-14,21H,15H2,1-2H3,(H,24,25). The van der Waals surface area contributed by atoms with Crippen molar-refractivity contribution in [3.63, 3.8) is 0 Å². The Bertz CT molecular complexity index is 1080. The summed E-state index contributed by atoms with van der Waals surface area (Å²) in [5.74, 6) is 0.804. The molecule has 8 heteroatoms. The molecule has 0 bridgehead atoms. The molecule has 0 fully saturated rings. The van der Waals surface area contributed by atoms with Crippen LogP contribution in [0.25, 0.3) is 0 Å². The Morgan fingerprint density at radius 1 is 0.967 bits per heavy atom. The highest BCUT2D eigenvalue weighted by atomic mass is 32.2. The van der Waals surface area contributed by atoms with E-state index in [1.54, 1.807) is 54.7 Å². The smallest absolute Gasteiger partial charge is 0.251 e. The summed E-state index contributed by atoms with van der Waals surface area (Å²) in [6.45, 7) is -0.106. The van der Waals surface area contributed by atoms with Crippen molar-refractivity contribution in [3.05, 3.63) is 84.2 Å². The number of nitrogens with one attached hydrogen (secondary N) is 1. The van der Waals surface area contributed by atoms with E-state index in [1.807, 2.05) is 0 Å². The van der Waals surface area contributed by atoms with Crippen molar-refractivity contribution in [2.45, 2.75) is 10.1 Å². The van der Waals surface area contributed by atoms with Crippen LogP contribution in [0.2, 0.25) is 0 Å². The molecule has 0 spiro atoms. The van der Waals surface area contributed by atoms with E-state index < -0.39 is 15.1 Å². The summed E-state index contributed by atoms with van der Waals surface area (Å²) < 4.78 is 36.8. The normalized spacial score (nSPS) is 12.1. The van der Waals surface area contributed by atoms with Crippen molar-refractivity contribution in [1.29, 1.82) is 0 Å². The minimum absolute atomic E-state index is 0.106. The van der Waals surface area contributed by atoms with Gasteiger partial charge in [-0.3, -0.25) is 9.78 Å². The van der Waals surface area contributed by atoms with Gasteiger partial charge in [0.05, 0.1) is 19.1 Å². The highest BCUT2D eigenvalue weighted by Gasteiger charge is 2.30. The number of rotatable bonds is 8. The second-order valence-electron chi connectivity index (χ2n) is 6.43. The molecule has 0 aliphatic heterocycles. The summed E-state index contributed by atoms with van der Waals surface area (Å²) >= 11 is 0. The van der Waals surface area contributed by atoms with Gasteiger partial charge in [-0.15, -0.1) is 0 Å². The van der Waals surface area contributed by atoms with Gasteiger partial charge in [0.25, 0.3) is 5.91 Å². The van der Waals surface area contributed by atoms with Crippen molar-refractivity contribution in [2.24, 2.45) is 0 Å². The van der Waals surface area contributed by atoms with Crippen LogP contribution in [0, 0.1) is 0 Å². The summed E-state index contributed by atoms with van der Waals surface area (Å²) in [6.07, 6.45) is 3.06. The summed E-state index contributed by atoms with van der Waals surface area (Å²) in [5, 5.41) is 1.72. The maximum atomic E-state index is 13.3. The number of ether oxygens (including phenoxy) is 2. The van der Waals surface area contributed by atoms with Crippen molar-refractivity contribution < 1.29 is 22.7 Å². The number of sulfone groups is 1. The molecular formula is C22H22N2O5S. The summed E-state index contributed by atoms with van der Waals surface area (Å²) in [7, 11) is -0.748. The first-order valence-corrected chi connectivity index (χ1v) is 10.7. The summed E-state index contributed by atoms with van der Waals surface area (Å²) in [5.41, 5.74) is 0.894. The highest BCUT2D eigenvalue weighted by Crippen LogP contribution is 2.29. The van der Waals surface area contributed by atoms with Crippen LogP contribution in [0.5, 0.6) is 11.5 Å². The summed E-state index contributed by atoms with van der Waals surface area (Å²) in [4.78, 5) is 16.7. The lowest BCUT2D eigenvalue weighted by molar-refractivity contribution is 0.0953. The lowest BCUT2D eigenvalue weighted by Gasteiger charge is -2.19. The summed E-state index contributed by atoms with van der Waals surface area (Å²) in [6, 6.07) is 16.1. The largest absolute Gasteiger partial charge is 0.497 e. The van der Waals surface area contributed by atoms with E-state index in [0.29, 0.717) is 22.6 Å². The van der Waals surface area contributed by atoms with E-state index in [-0.39, 0.29) is 17.3 Å². The zero-order chi connectivity index (χ0) is 21.6. The van der Waals surface area contributed by atoms with Crippen molar-refractivity contribution in [1.82, 2.24) is 10.3 Å². The first kappa shape index (κ1) is 21.3. The maximum Gasteiger partial charge on any atom is 0.251 e. The molecule has 7 nitrogen and oxygen atoms in total. The van der Waals surface area contributed by atoms with Gasteiger partial charge in [0.15, 0.2) is 9.84 Å². The third-order valence-electron chi connectivity index (χ3n) is 4.62. The van der Waals surface area contributed by atoms with Crippen LogP contribution < -0.4 is 14.8 Å². The number of carbonyl (C=O) groups is 1. The highest BCUT2D eigenvalue weighted by molar-refractivity contribution is 7.91. The van der Waals surface area contributed by atoms with Gasteiger partial charge in [0.2, 0.25) is 0 Å². The van der Waals surface area contributed by atoms with Crippen LogP contribution in [0.1, 0.15) is 21.2 Å². The monoisotopic (exact) mass is 426 g/mol. The van der Waals surface area contributed by atoms with E-state index in [4.69, 9.17) is 9.47 Å². The number of aromatic nitrogens is 1. The number of carbonyl (C=O) groups excluding carboxylic acids is 1. The average molecular weight is 426 g/mol. The topological polar surface area (TPSA) is 94.6 Å². The van der Waals surface area contributed by atoms with Gasteiger partial charge in [-0.1, -0.05) is 6.07 Å². The fourth-order valence-electron chi connectivity index (χ4n) is 2.93. The van der Waals surface area contributed by atoms with Crippen molar-refractivity contribution >= 4 is 15.7 Å². The van der Waals surface area contributed by atoms with Crippen molar-refractivity contribution in [3.8, 4) is 11.5 Å². The fraction of sp³-hybridized carbons (Fsp3) is 0.182. The number of benzene rings is 2. The number of methoxy groups -OCH3 is 2. The number of pyridine rings is 1. The van der Waals surface area contributed by atoms with E-state index >= 15 is 0 Å². The number of amides is 1. The zero-order valence-corrected chi connectivity index (χ0v) is 17.4. The Balaban J connectivity index is 1.86. The molecule has 0 saturated heterocycles. The molecule has 3 aromatic rings. The number of nitrogens with zero attached hydrogens (tertiary/aromatic N) is 1. The minimum Gasteiger partial charge on any atom is -0.497 e. The molecule has 1 atom stereocenters. The second kappa shape index (κ2) is 9.41. The SMILES string of the molecule is COc1ccc(C(=O)NCC(c2cccnc2)S(=O)(=O)c2ccc(OC)cc2)cc1. The van der Waals surface area contributed by atoms with E-state index in [1.165, 1.54) is 32.5 Å². The van der Waals surface area contributed by atoms with Gasteiger partial charge in [-0.2, -0.15) is 0 Å². The third kappa shape index (κ3) is 4.77. The van der Waals surface area contributed by atoms with Gasteiger partial charge in [0, 0.05) is 24.5 Å². The molecule has 156 valence electrons. The third-order valence-corrected chi connectivity index (χ3v) is 6.74. The van der Waals surface area contributed by atoms with E-state index in [0.717, 1.165) is 0 Å². The minimum atomic E-state index is -3.80. The predicted octanol–water partition coefficient (Wildman–Crippen LogP) is 3.04. The van der Waals surface area contributed by atoms with Crippen LogP contribution in [0.4, 0.5) is 0 Å². The lowest BCUT2D eigenvalue weighted by atomic mass is 10.2. The molecule has 30 heavy (non-hydrogen) atoms. The lowest BCUT2D eigenvalue weighted by Crippen LogP contribution is -2.32. The van der Waals surface area contributed by atoms with Gasteiger partial charge in [-0.25, -0.2) is 8.42 Å². The van der Waals surface area contributed by atoms with E-state index in [2.05, 4.69) is 10.3 Å². The Morgan fingerprint density at radius 3 is 2.10 bits per heavy atom. The number of hydrogen-bond donors (Lipinski definition) is 1. The second-order valence-corrected chi connectivity index (χ2v) is 8.56. The molecule has 0 radical (unpaired) electrons. The van der Waals surface area contributed by atoms with Crippen LogP contribution in [0.3, 0.4) is 0 Å². The Morgan fingerprint density at radius 2 is 1.57 bits per heavy atom. The quantitative estimate of drug-likeness (QED) is 0.595. The Kier molecular flexibility index (Phi) is 6.68. The molecule has 0 aliphatic carbocycles. The Hall–Kier alpha value is -3.39. The molecule has 2 aromatic carbocycles. The van der Waals surface area contributed by atoms with Gasteiger partial charge < -0.3 is 14.8 Å². The first-order chi connectivity index (χ1) is 14.5. The average Bonchev–Trinajstić information content (AvgIpc) is 2.79. The molecule has 1 amide bonds. The Labute approximate surface area is 175 Å². The molecule has 3 rings (SSSR count). The molecular weight excluding hydrogens is 404 g/mol. The molecule has 0 aliphatic rings. The molecule has 1 heterocycles. The van der Waals surface area contributed by atoms with Crippen LogP contribution in [-0.4, -0.2) is 40.1 Å². The van der Waals surface area contributed by atoms with Crippen LogP contribution in [-0.2, 0) is 9.84 Å². The van der Waals surface area contributed by atoms with Crippen LogP contribution in [0.15, 0.2) is 78.0 Å². The first-order valence-electron chi connectivity index (χ1n) is 9.16. The van der Waals surface area contributed by atoms with Gasteiger partial charge in [0.1, 0.15) is 16.7 Å². The zero-order valence-electron chi connectivity index (χ0n) is 16.6. The predicted molar refractivity (Wildman–Crippen MR) is 112 cm³/mol.